The van der Waals surface area contributed by atoms with Crippen LogP contribution in [-0.2, 0) is 14.3 Å². The first-order valence-electron chi connectivity index (χ1n) is 25.3. The summed E-state index contributed by atoms with van der Waals surface area (Å²) >= 11 is 0. The van der Waals surface area contributed by atoms with Crippen molar-refractivity contribution in [3.05, 3.63) is 11.6 Å². The first-order valence-corrected chi connectivity index (χ1v) is 25.3. The number of allylic oxidation sites excluding steroid dienone is 1. The summed E-state index contributed by atoms with van der Waals surface area (Å²) in [7, 11) is 0. The Labute approximate surface area is 362 Å². The van der Waals surface area contributed by atoms with Gasteiger partial charge < -0.3 is 21.1 Å². The summed E-state index contributed by atoms with van der Waals surface area (Å²) in [6.45, 7) is 17.1. The molecule has 0 aromatic carbocycles. The lowest BCUT2D eigenvalue weighted by Gasteiger charge is -2.58. The smallest absolute Gasteiger partial charge is 0.410 e. The van der Waals surface area contributed by atoms with Gasteiger partial charge in [0.05, 0.1) is 0 Å². The maximum absolute atomic E-state index is 13.8. The lowest BCUT2D eigenvalue weighted by molar-refractivity contribution is -0.122. The normalized spacial score (nSPS) is 27.9. The molecule has 3 saturated carbocycles. The van der Waals surface area contributed by atoms with Crippen molar-refractivity contribution in [3.63, 3.8) is 0 Å². The largest absolute Gasteiger partial charge is 0.446 e. The van der Waals surface area contributed by atoms with Crippen molar-refractivity contribution >= 4 is 17.9 Å². The molecule has 59 heavy (non-hydrogen) atoms. The molecule has 340 valence electrons. The molecule has 4 aliphatic carbocycles. The summed E-state index contributed by atoms with van der Waals surface area (Å²) in [6, 6.07) is 0. The second-order valence-corrected chi connectivity index (χ2v) is 20.8. The highest BCUT2D eigenvalue weighted by atomic mass is 16.6. The van der Waals surface area contributed by atoms with Crippen LogP contribution in [0.5, 0.6) is 0 Å². The summed E-state index contributed by atoms with van der Waals surface area (Å²) in [4.78, 5) is 40.7. The number of carbonyl (C=O) groups is 3. The third-order valence-corrected chi connectivity index (χ3v) is 16.0. The molecule has 8 heteroatoms. The highest BCUT2D eigenvalue weighted by molar-refractivity contribution is 5.82. The second kappa shape index (κ2) is 25.8. The molecule has 0 bridgehead atoms. The molecule has 0 aromatic rings. The van der Waals surface area contributed by atoms with Crippen molar-refractivity contribution < 1.29 is 19.1 Å². The van der Waals surface area contributed by atoms with Crippen molar-refractivity contribution in [1.29, 1.82) is 0 Å². The minimum absolute atomic E-state index is 0.0185. The van der Waals surface area contributed by atoms with Gasteiger partial charge in [0.2, 0.25) is 11.8 Å². The number of hydrogen-bond acceptors (Lipinski definition) is 5. The van der Waals surface area contributed by atoms with Gasteiger partial charge in [0, 0.05) is 32.5 Å². The fourth-order valence-electron chi connectivity index (χ4n) is 12.4. The zero-order valence-electron chi connectivity index (χ0n) is 39.2. The summed E-state index contributed by atoms with van der Waals surface area (Å²) in [6.07, 6.45) is 31.6. The van der Waals surface area contributed by atoms with E-state index in [1.165, 1.54) is 95.5 Å². The Hall–Kier alpha value is -2.09. The predicted molar refractivity (Wildman–Crippen MR) is 245 cm³/mol. The molecule has 0 spiro atoms. The number of amides is 3. The number of nitrogens with one attached hydrogen (secondary N) is 2. The number of fused-ring (bicyclic) bond motifs is 5. The molecule has 3 fully saturated rings. The third-order valence-electron chi connectivity index (χ3n) is 16.0. The van der Waals surface area contributed by atoms with Gasteiger partial charge in [-0.05, 0) is 130 Å². The van der Waals surface area contributed by atoms with Gasteiger partial charge in [-0.25, -0.2) is 4.79 Å². The second-order valence-electron chi connectivity index (χ2n) is 20.8. The molecule has 0 radical (unpaired) electrons. The average molecular weight is 825 g/mol. The molecule has 0 saturated heterocycles. The quantitative estimate of drug-likeness (QED) is 0.0537. The van der Waals surface area contributed by atoms with Gasteiger partial charge in [0.15, 0.2) is 0 Å². The Kier molecular flexibility index (Phi) is 21.6. The summed E-state index contributed by atoms with van der Waals surface area (Å²) in [5, 5.41) is 6.08. The van der Waals surface area contributed by atoms with Crippen molar-refractivity contribution in [3.8, 4) is 0 Å². The summed E-state index contributed by atoms with van der Waals surface area (Å²) in [5.74, 6) is 4.87. The number of unbranched alkanes of at least 4 members (excludes halogenated alkanes) is 11. The molecule has 0 aliphatic heterocycles. The van der Waals surface area contributed by atoms with Crippen molar-refractivity contribution in [2.75, 3.05) is 32.7 Å². The lowest BCUT2D eigenvalue weighted by atomic mass is 9.47. The van der Waals surface area contributed by atoms with E-state index in [1.807, 2.05) is 0 Å². The van der Waals surface area contributed by atoms with Gasteiger partial charge in [0.25, 0.3) is 0 Å². The Morgan fingerprint density at radius 1 is 0.780 bits per heavy atom. The summed E-state index contributed by atoms with van der Waals surface area (Å²) in [5.41, 5.74) is 7.85. The van der Waals surface area contributed by atoms with Crippen molar-refractivity contribution in [2.45, 2.75) is 215 Å². The van der Waals surface area contributed by atoms with Crippen LogP contribution in [0.15, 0.2) is 11.6 Å². The van der Waals surface area contributed by atoms with E-state index >= 15 is 0 Å². The molecular formula is C51H92N4O4. The first kappa shape index (κ1) is 49.6. The predicted octanol–water partition coefficient (Wildman–Crippen LogP) is 11.9. The number of carbonyl (C=O) groups excluding carboxylic acids is 3. The standard InChI is InChI=1S/C51H92N4O4/c1-7-8-9-10-11-12-13-16-24-47(56)53-34-18-14-15-20-36-55(38-48(57)54-35-19-17-33-52)49(58)59-42-29-31-50(5)41(37-42)25-26-43-45-28-27-44(40(4)23-21-22-39(2)3)51(45,6)32-30-46(43)50/h25,39-40,42-46H,7-24,26-38,52H2,1-6H3,(H,53,56)(H,54,57)/t40-,42+,43+,44-,45+,46+,50+,51-/m1/s1. The Balaban J connectivity index is 1.23. The molecule has 0 unspecified atom stereocenters. The van der Waals surface area contributed by atoms with Crippen LogP contribution in [0.25, 0.3) is 0 Å². The van der Waals surface area contributed by atoms with E-state index in [4.69, 9.17) is 10.5 Å². The Morgan fingerprint density at radius 2 is 1.46 bits per heavy atom. The van der Waals surface area contributed by atoms with Gasteiger partial charge in [0.1, 0.15) is 12.6 Å². The van der Waals surface area contributed by atoms with Crippen LogP contribution < -0.4 is 16.4 Å². The van der Waals surface area contributed by atoms with Crippen LogP contribution in [0.4, 0.5) is 4.79 Å². The van der Waals surface area contributed by atoms with E-state index in [0.29, 0.717) is 38.0 Å². The summed E-state index contributed by atoms with van der Waals surface area (Å²) < 4.78 is 6.29. The maximum atomic E-state index is 13.8. The number of nitrogens with zero attached hydrogens (tertiary/aromatic N) is 1. The van der Waals surface area contributed by atoms with Crippen molar-refractivity contribution in [1.82, 2.24) is 15.5 Å². The Bertz CT molecular complexity index is 1290. The van der Waals surface area contributed by atoms with E-state index in [0.717, 1.165) is 106 Å². The highest BCUT2D eigenvalue weighted by Crippen LogP contribution is 2.67. The molecule has 8 nitrogen and oxygen atoms in total. The van der Waals surface area contributed by atoms with E-state index in [9.17, 15) is 14.4 Å². The Morgan fingerprint density at radius 3 is 2.19 bits per heavy atom. The van der Waals surface area contributed by atoms with E-state index in [1.54, 1.807) is 4.90 Å². The topological polar surface area (TPSA) is 114 Å². The molecule has 4 rings (SSSR count). The fourth-order valence-corrected chi connectivity index (χ4v) is 12.4. The number of ether oxygens (including phenoxy) is 1. The van der Waals surface area contributed by atoms with E-state index in [-0.39, 0.29) is 36.0 Å². The highest BCUT2D eigenvalue weighted by Gasteiger charge is 2.59. The van der Waals surface area contributed by atoms with Gasteiger partial charge in [-0.2, -0.15) is 0 Å². The number of hydrogen-bond donors (Lipinski definition) is 3. The van der Waals surface area contributed by atoms with Crippen LogP contribution in [0.3, 0.4) is 0 Å². The lowest BCUT2D eigenvalue weighted by Crippen LogP contribution is -2.51. The monoisotopic (exact) mass is 825 g/mol. The maximum Gasteiger partial charge on any atom is 0.410 e. The van der Waals surface area contributed by atoms with E-state index in [2.05, 4.69) is 58.3 Å². The van der Waals surface area contributed by atoms with Crippen LogP contribution >= 0.6 is 0 Å². The zero-order chi connectivity index (χ0) is 42.7. The minimum Gasteiger partial charge on any atom is -0.446 e. The SMILES string of the molecule is CCCCCCCCCCC(=O)NCCCCCCN(CC(=O)NCCCCN)C(=O)O[C@H]1CC[C@@]2(C)C(=CC[C@H]3[C@@H]4CC[C@H]([C@H](C)CCCC(C)C)[C@@]4(C)CC[C@@H]32)C1. The van der Waals surface area contributed by atoms with Crippen molar-refractivity contribution in [2.24, 2.45) is 52.1 Å². The molecule has 0 heterocycles. The van der Waals surface area contributed by atoms with Crippen LogP contribution in [-0.4, -0.2) is 61.6 Å². The molecule has 0 aromatic heterocycles. The number of rotatable bonds is 28. The minimum atomic E-state index is -0.355. The van der Waals surface area contributed by atoms with E-state index < -0.39 is 0 Å². The zero-order valence-corrected chi connectivity index (χ0v) is 39.2. The van der Waals surface area contributed by atoms with Gasteiger partial charge in [-0.15, -0.1) is 0 Å². The van der Waals surface area contributed by atoms with Crippen LogP contribution in [0.2, 0.25) is 0 Å². The molecule has 4 aliphatic rings. The first-order chi connectivity index (χ1) is 28.4. The average Bonchev–Trinajstić information content (AvgIpc) is 3.57. The molecule has 4 N–H and O–H groups in total. The van der Waals surface area contributed by atoms with Gasteiger partial charge >= 0.3 is 6.09 Å². The molecular weight excluding hydrogens is 733 g/mol. The molecule has 8 atom stereocenters. The number of nitrogens with two attached hydrogens (primary N) is 1. The van der Waals surface area contributed by atoms with Gasteiger partial charge in [-0.1, -0.05) is 130 Å². The van der Waals surface area contributed by atoms with Crippen LogP contribution in [0.1, 0.15) is 208 Å². The fraction of sp³-hybridized carbons (Fsp3) is 0.902. The van der Waals surface area contributed by atoms with Crippen LogP contribution in [0, 0.1) is 46.3 Å². The van der Waals surface area contributed by atoms with Gasteiger partial charge in [-0.3, -0.25) is 14.5 Å². The molecule has 3 amide bonds. The third kappa shape index (κ3) is 15.0.